The summed E-state index contributed by atoms with van der Waals surface area (Å²) in [7, 11) is 0. The van der Waals surface area contributed by atoms with Gasteiger partial charge in [-0.1, -0.05) is 64.5 Å². The molecule has 3 aromatic rings. The van der Waals surface area contributed by atoms with E-state index in [1.54, 1.807) is 0 Å². The van der Waals surface area contributed by atoms with Gasteiger partial charge in [-0.05, 0) is 41.5 Å². The standard InChI is InChI=1S/C21H18BrNOS/c22-19-7-4-8-20(13-19)23-21(24)18-11-9-17(10-12-18)15-25-14-16-5-2-1-3-6-16/h1-13H,14-15H2,(H,23,24). The van der Waals surface area contributed by atoms with Crippen molar-refractivity contribution in [3.05, 3.63) is 100 Å². The lowest BCUT2D eigenvalue weighted by molar-refractivity contribution is 0.102. The van der Waals surface area contributed by atoms with Gasteiger partial charge in [0.05, 0.1) is 0 Å². The van der Waals surface area contributed by atoms with Crippen molar-refractivity contribution in [3.8, 4) is 0 Å². The molecule has 4 heteroatoms. The van der Waals surface area contributed by atoms with Crippen LogP contribution in [0.15, 0.2) is 83.3 Å². The van der Waals surface area contributed by atoms with Crippen LogP contribution in [0.2, 0.25) is 0 Å². The van der Waals surface area contributed by atoms with Gasteiger partial charge in [-0.2, -0.15) is 11.8 Å². The normalized spacial score (nSPS) is 10.4. The Kier molecular flexibility index (Phi) is 6.31. The minimum absolute atomic E-state index is 0.0958. The summed E-state index contributed by atoms with van der Waals surface area (Å²) < 4.78 is 0.941. The Bertz CT molecular complexity index is 834. The number of thioether (sulfide) groups is 1. The summed E-state index contributed by atoms with van der Waals surface area (Å²) in [5, 5.41) is 2.91. The van der Waals surface area contributed by atoms with E-state index in [1.165, 1.54) is 11.1 Å². The van der Waals surface area contributed by atoms with Crippen LogP contribution in [-0.4, -0.2) is 5.91 Å². The molecule has 0 heterocycles. The van der Waals surface area contributed by atoms with Gasteiger partial charge in [0.25, 0.3) is 5.91 Å². The maximum absolute atomic E-state index is 12.3. The highest BCUT2D eigenvalue weighted by Crippen LogP contribution is 2.19. The molecule has 1 N–H and O–H groups in total. The van der Waals surface area contributed by atoms with Crippen LogP contribution in [0.4, 0.5) is 5.69 Å². The first kappa shape index (κ1) is 17.8. The summed E-state index contributed by atoms with van der Waals surface area (Å²) in [4.78, 5) is 12.3. The molecular formula is C21H18BrNOS. The minimum Gasteiger partial charge on any atom is -0.322 e. The van der Waals surface area contributed by atoms with Crippen molar-refractivity contribution in [2.75, 3.05) is 5.32 Å². The van der Waals surface area contributed by atoms with Gasteiger partial charge in [-0.25, -0.2) is 0 Å². The number of amides is 1. The van der Waals surface area contributed by atoms with Crippen molar-refractivity contribution in [3.63, 3.8) is 0 Å². The second-order valence-electron chi connectivity index (χ2n) is 5.64. The van der Waals surface area contributed by atoms with E-state index in [1.807, 2.05) is 66.4 Å². The Balaban J connectivity index is 1.53. The smallest absolute Gasteiger partial charge is 0.255 e. The van der Waals surface area contributed by atoms with Crippen LogP contribution >= 0.6 is 27.7 Å². The zero-order valence-electron chi connectivity index (χ0n) is 13.6. The maximum Gasteiger partial charge on any atom is 0.255 e. The summed E-state index contributed by atoms with van der Waals surface area (Å²) in [5.74, 6) is 1.83. The predicted octanol–water partition coefficient (Wildman–Crippen LogP) is 6.13. The summed E-state index contributed by atoms with van der Waals surface area (Å²) in [5.41, 5.74) is 4.00. The van der Waals surface area contributed by atoms with Gasteiger partial charge in [0.2, 0.25) is 0 Å². The molecular weight excluding hydrogens is 394 g/mol. The third-order valence-corrected chi connectivity index (χ3v) is 5.25. The summed E-state index contributed by atoms with van der Waals surface area (Å²) in [6.45, 7) is 0. The lowest BCUT2D eigenvalue weighted by Crippen LogP contribution is -2.11. The molecule has 0 aliphatic carbocycles. The molecule has 2 nitrogen and oxygen atoms in total. The van der Waals surface area contributed by atoms with Gasteiger partial charge < -0.3 is 5.32 Å². The Hall–Kier alpha value is -2.04. The van der Waals surface area contributed by atoms with Crippen LogP contribution in [-0.2, 0) is 11.5 Å². The zero-order chi connectivity index (χ0) is 17.5. The van der Waals surface area contributed by atoms with Gasteiger partial charge in [0.15, 0.2) is 0 Å². The average Bonchev–Trinajstić information content (AvgIpc) is 2.63. The van der Waals surface area contributed by atoms with Crippen molar-refractivity contribution in [2.24, 2.45) is 0 Å². The lowest BCUT2D eigenvalue weighted by atomic mass is 10.1. The van der Waals surface area contributed by atoms with Crippen molar-refractivity contribution in [2.45, 2.75) is 11.5 Å². The van der Waals surface area contributed by atoms with E-state index >= 15 is 0 Å². The molecule has 0 aliphatic heterocycles. The van der Waals surface area contributed by atoms with Gasteiger partial charge >= 0.3 is 0 Å². The predicted molar refractivity (Wildman–Crippen MR) is 110 cm³/mol. The molecule has 1 amide bonds. The van der Waals surface area contributed by atoms with E-state index in [0.29, 0.717) is 5.56 Å². The third-order valence-electron chi connectivity index (χ3n) is 3.68. The van der Waals surface area contributed by atoms with Crippen LogP contribution in [0.1, 0.15) is 21.5 Å². The van der Waals surface area contributed by atoms with Crippen LogP contribution in [0.25, 0.3) is 0 Å². The zero-order valence-corrected chi connectivity index (χ0v) is 16.0. The summed E-state index contributed by atoms with van der Waals surface area (Å²) in [6.07, 6.45) is 0. The molecule has 0 fully saturated rings. The molecule has 0 unspecified atom stereocenters. The SMILES string of the molecule is O=C(Nc1cccc(Br)c1)c1ccc(CSCc2ccccc2)cc1. The van der Waals surface area contributed by atoms with Crippen LogP contribution in [0.5, 0.6) is 0 Å². The number of nitrogens with one attached hydrogen (secondary N) is 1. The van der Waals surface area contributed by atoms with Crippen molar-refractivity contribution in [1.29, 1.82) is 0 Å². The second kappa shape index (κ2) is 8.88. The number of hydrogen-bond acceptors (Lipinski definition) is 2. The quantitative estimate of drug-likeness (QED) is 0.527. The fourth-order valence-corrected chi connectivity index (χ4v) is 3.74. The molecule has 0 aromatic heterocycles. The molecule has 0 aliphatic rings. The fraction of sp³-hybridized carbons (Fsp3) is 0.0952. The number of rotatable bonds is 6. The van der Waals surface area contributed by atoms with E-state index in [0.717, 1.165) is 21.7 Å². The molecule has 0 spiro atoms. The first-order valence-corrected chi connectivity index (χ1v) is 9.93. The molecule has 0 atom stereocenters. The van der Waals surface area contributed by atoms with Crippen molar-refractivity contribution >= 4 is 39.3 Å². The lowest BCUT2D eigenvalue weighted by Gasteiger charge is -2.07. The Morgan fingerprint density at radius 3 is 2.20 bits per heavy atom. The van der Waals surface area contributed by atoms with Crippen molar-refractivity contribution < 1.29 is 4.79 Å². The van der Waals surface area contributed by atoms with E-state index in [9.17, 15) is 4.79 Å². The third kappa shape index (κ3) is 5.48. The van der Waals surface area contributed by atoms with E-state index in [-0.39, 0.29) is 5.91 Å². The largest absolute Gasteiger partial charge is 0.322 e. The molecule has 0 radical (unpaired) electrons. The number of benzene rings is 3. The van der Waals surface area contributed by atoms with E-state index < -0.39 is 0 Å². The van der Waals surface area contributed by atoms with Crippen molar-refractivity contribution in [1.82, 2.24) is 0 Å². The molecule has 0 saturated heterocycles. The Morgan fingerprint density at radius 2 is 1.52 bits per heavy atom. The number of hydrogen-bond donors (Lipinski definition) is 1. The fourth-order valence-electron chi connectivity index (χ4n) is 2.38. The molecule has 3 aromatic carbocycles. The number of carbonyl (C=O) groups is 1. The second-order valence-corrected chi connectivity index (χ2v) is 7.54. The molecule has 126 valence electrons. The molecule has 0 saturated carbocycles. The Morgan fingerprint density at radius 1 is 0.840 bits per heavy atom. The van der Waals surface area contributed by atoms with Crippen LogP contribution in [0.3, 0.4) is 0 Å². The minimum atomic E-state index is -0.0958. The Labute approximate surface area is 160 Å². The monoisotopic (exact) mass is 411 g/mol. The topological polar surface area (TPSA) is 29.1 Å². The van der Waals surface area contributed by atoms with Crippen LogP contribution in [0, 0.1) is 0 Å². The first-order valence-electron chi connectivity index (χ1n) is 7.98. The van der Waals surface area contributed by atoms with Gasteiger partial charge in [0, 0.05) is 27.2 Å². The van der Waals surface area contributed by atoms with Gasteiger partial charge in [-0.3, -0.25) is 4.79 Å². The molecule has 3 rings (SSSR count). The number of halogens is 1. The average molecular weight is 412 g/mol. The maximum atomic E-state index is 12.3. The summed E-state index contributed by atoms with van der Waals surface area (Å²) in [6, 6.07) is 25.8. The van der Waals surface area contributed by atoms with Gasteiger partial charge in [-0.15, -0.1) is 0 Å². The number of anilines is 1. The van der Waals surface area contributed by atoms with Crippen LogP contribution < -0.4 is 5.32 Å². The van der Waals surface area contributed by atoms with E-state index in [2.05, 4.69) is 45.5 Å². The molecule has 25 heavy (non-hydrogen) atoms. The number of carbonyl (C=O) groups excluding carboxylic acids is 1. The highest BCUT2D eigenvalue weighted by Gasteiger charge is 2.06. The highest BCUT2D eigenvalue weighted by atomic mass is 79.9. The van der Waals surface area contributed by atoms with Gasteiger partial charge in [0.1, 0.15) is 0 Å². The summed E-state index contributed by atoms with van der Waals surface area (Å²) >= 11 is 5.28. The van der Waals surface area contributed by atoms with E-state index in [4.69, 9.17) is 0 Å². The first-order chi connectivity index (χ1) is 12.2. The highest BCUT2D eigenvalue weighted by molar-refractivity contribution is 9.10. The molecule has 0 bridgehead atoms.